The molecule has 0 radical (unpaired) electrons. The highest BCUT2D eigenvalue weighted by atomic mass is 79.9. The molecule has 0 aliphatic rings. The molecule has 0 atom stereocenters. The summed E-state index contributed by atoms with van der Waals surface area (Å²) in [5.74, 6) is -0.613. The van der Waals surface area contributed by atoms with Crippen LogP contribution in [-0.4, -0.2) is 52.3 Å². The van der Waals surface area contributed by atoms with Gasteiger partial charge in [0, 0.05) is 5.56 Å². The predicted molar refractivity (Wildman–Crippen MR) is 183 cm³/mol. The number of hydrogen-bond donors (Lipinski definition) is 2. The largest absolute Gasteiger partial charge is 0.488 e. The zero-order valence-electron chi connectivity index (χ0n) is 26.4. The maximum atomic E-state index is 11.6. The molecule has 2 aromatic carbocycles. The van der Waals surface area contributed by atoms with Crippen LogP contribution >= 0.6 is 38.6 Å². The normalized spacial score (nSPS) is 11.0. The van der Waals surface area contributed by atoms with E-state index in [-0.39, 0.29) is 22.8 Å². The Morgan fingerprint density at radius 2 is 1.18 bits per heavy atom. The Labute approximate surface area is 276 Å². The van der Waals surface area contributed by atoms with E-state index in [4.69, 9.17) is 19.5 Å². The molecule has 0 saturated carbocycles. The molecule has 0 aliphatic carbocycles. The van der Waals surface area contributed by atoms with E-state index in [2.05, 4.69) is 79.6 Å². The van der Waals surface area contributed by atoms with Gasteiger partial charge in [-0.3, -0.25) is 0 Å². The van der Waals surface area contributed by atoms with Crippen molar-refractivity contribution in [3.63, 3.8) is 0 Å². The van der Waals surface area contributed by atoms with Gasteiger partial charge in [0.15, 0.2) is 3.92 Å². The van der Waals surface area contributed by atoms with Crippen LogP contribution in [0.5, 0.6) is 0 Å². The van der Waals surface area contributed by atoms with Gasteiger partial charge in [-0.15, -0.1) is 22.7 Å². The van der Waals surface area contributed by atoms with Crippen LogP contribution in [0.1, 0.15) is 85.9 Å². The average Bonchev–Trinajstić information content (AvgIpc) is 3.63. The SMILES string of the molecule is CC(C)(C)c1ccc(B(O)O)cc1.CCOC(=O)c1cnc(-c2ccc(C(C)(C)C)cc2)s1.CCOC(=O)c1cnc(Br)s1. The zero-order chi connectivity index (χ0) is 33.1. The zero-order valence-corrected chi connectivity index (χ0v) is 29.6. The number of carbonyl (C=O) groups is 2. The van der Waals surface area contributed by atoms with E-state index in [1.807, 2.05) is 24.3 Å². The van der Waals surface area contributed by atoms with Gasteiger partial charge in [-0.1, -0.05) is 90.1 Å². The molecule has 4 rings (SSSR count). The first kappa shape index (κ1) is 37.3. The second-order valence-corrected chi connectivity index (χ2v) is 14.9. The number of aromatic nitrogens is 2. The van der Waals surface area contributed by atoms with E-state index < -0.39 is 7.12 Å². The summed E-state index contributed by atoms with van der Waals surface area (Å²) in [6, 6.07) is 15.7. The minimum atomic E-state index is -1.37. The predicted octanol–water partition coefficient (Wildman–Crippen LogP) is 7.03. The van der Waals surface area contributed by atoms with Crippen molar-refractivity contribution >= 4 is 63.1 Å². The lowest BCUT2D eigenvalue weighted by molar-refractivity contribution is 0.0522. The number of esters is 2. The fourth-order valence-corrected chi connectivity index (χ4v) is 5.50. The number of halogens is 1. The minimum Gasteiger partial charge on any atom is -0.462 e. The second kappa shape index (κ2) is 17.0. The number of nitrogens with zero attached hydrogens (tertiary/aromatic N) is 2. The topological polar surface area (TPSA) is 119 Å². The molecule has 2 aromatic heterocycles. The van der Waals surface area contributed by atoms with Crippen molar-refractivity contribution in [1.82, 2.24) is 9.97 Å². The van der Waals surface area contributed by atoms with Gasteiger partial charge >= 0.3 is 19.1 Å². The second-order valence-electron chi connectivity index (χ2n) is 11.5. The van der Waals surface area contributed by atoms with Gasteiger partial charge in [-0.05, 0) is 57.2 Å². The van der Waals surface area contributed by atoms with E-state index in [1.54, 1.807) is 32.2 Å². The van der Waals surface area contributed by atoms with Crippen LogP contribution in [0.25, 0.3) is 10.6 Å². The van der Waals surface area contributed by atoms with Crippen LogP contribution in [0.3, 0.4) is 0 Å². The number of hydrogen-bond acceptors (Lipinski definition) is 10. The molecule has 0 unspecified atom stereocenters. The quantitative estimate of drug-likeness (QED) is 0.162. The first-order valence-electron chi connectivity index (χ1n) is 14.1. The highest BCUT2D eigenvalue weighted by molar-refractivity contribution is 9.11. The van der Waals surface area contributed by atoms with Gasteiger partial charge in [0.05, 0.1) is 25.6 Å². The van der Waals surface area contributed by atoms with Gasteiger partial charge in [0.1, 0.15) is 14.8 Å². The molecule has 0 bridgehead atoms. The first-order chi connectivity index (χ1) is 20.6. The van der Waals surface area contributed by atoms with E-state index in [9.17, 15) is 9.59 Å². The summed E-state index contributed by atoms with van der Waals surface area (Å²) >= 11 is 5.78. The summed E-state index contributed by atoms with van der Waals surface area (Å²) in [5, 5.41) is 18.6. The number of ether oxygens (including phenoxy) is 2. The van der Waals surface area contributed by atoms with Crippen LogP contribution < -0.4 is 5.46 Å². The third-order valence-electron chi connectivity index (χ3n) is 6.01. The molecule has 0 amide bonds. The van der Waals surface area contributed by atoms with Crippen molar-refractivity contribution in [2.24, 2.45) is 0 Å². The van der Waals surface area contributed by atoms with E-state index in [1.165, 1.54) is 40.0 Å². The Morgan fingerprint density at radius 1 is 0.750 bits per heavy atom. The molecular formula is C32H40BBrN2O6S2. The Kier molecular flexibility index (Phi) is 14.4. The summed E-state index contributed by atoms with van der Waals surface area (Å²) in [7, 11) is -1.37. The van der Waals surface area contributed by atoms with Crippen molar-refractivity contribution in [1.29, 1.82) is 0 Å². The van der Waals surface area contributed by atoms with Gasteiger partial charge in [-0.2, -0.15) is 0 Å². The van der Waals surface area contributed by atoms with Crippen molar-refractivity contribution in [2.75, 3.05) is 13.2 Å². The van der Waals surface area contributed by atoms with Crippen molar-refractivity contribution in [3.8, 4) is 10.6 Å². The molecule has 12 heteroatoms. The molecule has 4 aromatic rings. The highest BCUT2D eigenvalue weighted by Crippen LogP contribution is 2.29. The molecule has 2 N–H and O–H groups in total. The Bertz CT molecular complexity index is 1470. The molecule has 0 spiro atoms. The molecule has 0 aliphatic heterocycles. The van der Waals surface area contributed by atoms with E-state index >= 15 is 0 Å². The molecule has 2 heterocycles. The Balaban J connectivity index is 0.000000244. The molecule has 0 saturated heterocycles. The third-order valence-corrected chi connectivity index (χ3v) is 8.49. The van der Waals surface area contributed by atoms with Gasteiger partial charge in [-0.25, -0.2) is 19.6 Å². The van der Waals surface area contributed by atoms with Gasteiger partial charge in [0.2, 0.25) is 0 Å². The monoisotopic (exact) mass is 702 g/mol. The number of rotatable bonds is 6. The van der Waals surface area contributed by atoms with Crippen LogP contribution in [0.15, 0.2) is 64.8 Å². The lowest BCUT2D eigenvalue weighted by Gasteiger charge is -2.19. The number of benzene rings is 2. The summed E-state index contributed by atoms with van der Waals surface area (Å²) in [6.45, 7) is 17.3. The smallest absolute Gasteiger partial charge is 0.462 e. The van der Waals surface area contributed by atoms with Crippen LogP contribution in [0.2, 0.25) is 0 Å². The summed E-state index contributed by atoms with van der Waals surface area (Å²) in [5.41, 5.74) is 4.28. The molecule has 0 fully saturated rings. The fourth-order valence-electron chi connectivity index (χ4n) is 3.52. The number of thiazole rings is 2. The Morgan fingerprint density at radius 3 is 1.57 bits per heavy atom. The average molecular weight is 704 g/mol. The van der Waals surface area contributed by atoms with Crippen LogP contribution in [-0.2, 0) is 20.3 Å². The summed E-state index contributed by atoms with van der Waals surface area (Å²) < 4.78 is 10.4. The molecule has 236 valence electrons. The maximum absolute atomic E-state index is 11.6. The maximum Gasteiger partial charge on any atom is 0.488 e. The standard InChI is InChI=1S/C16H19NO2S.C10H15BO2.C6H6BrNO2S/c1-5-19-15(18)13-10-17-14(20-13)11-6-8-12(9-7-11)16(2,3)4;1-10(2,3)8-4-6-9(7-5-8)11(12)13;1-2-10-5(9)4-3-8-6(7)11-4/h6-10H,5H2,1-4H3;4-7,12-13H,1-3H3;3H,2H2,1H3. The van der Waals surface area contributed by atoms with Crippen molar-refractivity contribution in [2.45, 2.75) is 66.2 Å². The van der Waals surface area contributed by atoms with Crippen molar-refractivity contribution in [3.05, 3.63) is 85.7 Å². The Hall–Kier alpha value is -2.90. The lowest BCUT2D eigenvalue weighted by atomic mass is 9.78. The van der Waals surface area contributed by atoms with E-state index in [0.29, 0.717) is 32.3 Å². The molecule has 44 heavy (non-hydrogen) atoms. The molecular weight excluding hydrogens is 663 g/mol. The van der Waals surface area contributed by atoms with E-state index in [0.717, 1.165) is 10.6 Å². The fraction of sp³-hybridized carbons (Fsp3) is 0.375. The summed E-state index contributed by atoms with van der Waals surface area (Å²) in [4.78, 5) is 31.8. The minimum absolute atomic E-state index is 0.110. The molecule has 8 nitrogen and oxygen atoms in total. The van der Waals surface area contributed by atoms with Gasteiger partial charge in [0.25, 0.3) is 0 Å². The first-order valence-corrected chi connectivity index (χ1v) is 16.5. The van der Waals surface area contributed by atoms with Crippen LogP contribution in [0.4, 0.5) is 0 Å². The van der Waals surface area contributed by atoms with Crippen LogP contribution in [0, 0.1) is 0 Å². The number of carbonyl (C=O) groups excluding carboxylic acids is 2. The lowest BCUT2D eigenvalue weighted by Crippen LogP contribution is -2.29. The summed E-state index contributed by atoms with van der Waals surface area (Å²) in [6.07, 6.45) is 3.07. The third kappa shape index (κ3) is 11.9. The highest BCUT2D eigenvalue weighted by Gasteiger charge is 2.17. The van der Waals surface area contributed by atoms with Crippen molar-refractivity contribution < 1.29 is 29.1 Å². The van der Waals surface area contributed by atoms with Gasteiger partial charge < -0.3 is 19.5 Å².